The van der Waals surface area contributed by atoms with Crippen LogP contribution in [0.5, 0.6) is 0 Å². The molecule has 144 valence electrons. The summed E-state index contributed by atoms with van der Waals surface area (Å²) in [6.45, 7) is 6.88. The number of carbonyl (C=O) groups excluding carboxylic acids is 4. The molecular formula is C22H22N2O4. The average Bonchev–Trinajstić information content (AvgIpc) is 2.88. The Hall–Kier alpha value is -3.28. The van der Waals surface area contributed by atoms with E-state index in [0.29, 0.717) is 5.56 Å². The Bertz CT molecular complexity index is 982. The summed E-state index contributed by atoms with van der Waals surface area (Å²) in [7, 11) is 0. The smallest absolute Gasteiger partial charge is 0.292 e. The van der Waals surface area contributed by atoms with Gasteiger partial charge in [0.2, 0.25) is 0 Å². The fourth-order valence-corrected chi connectivity index (χ4v) is 3.37. The standard InChI is InChI=1S/C22H22N2O4/c1-13-10-15(3)18(11-14(13)2)19(25)12-23-20(26)21(27)24(22(23)28)16(4)17-8-6-5-7-9-17/h5-11,16H,12H2,1-4H3. The maximum Gasteiger partial charge on any atom is 0.335 e. The number of benzene rings is 2. The zero-order valence-electron chi connectivity index (χ0n) is 16.4. The zero-order valence-corrected chi connectivity index (χ0v) is 16.4. The third kappa shape index (κ3) is 3.33. The van der Waals surface area contributed by atoms with Crippen molar-refractivity contribution >= 4 is 23.6 Å². The monoisotopic (exact) mass is 378 g/mol. The largest absolute Gasteiger partial charge is 0.335 e. The predicted octanol–water partition coefficient (Wildman–Crippen LogP) is 3.35. The second-order valence-corrected chi connectivity index (χ2v) is 7.11. The second kappa shape index (κ2) is 7.38. The molecule has 1 aliphatic rings. The van der Waals surface area contributed by atoms with Gasteiger partial charge in [-0.25, -0.2) is 14.6 Å². The van der Waals surface area contributed by atoms with Crippen molar-refractivity contribution in [3.05, 3.63) is 70.3 Å². The van der Waals surface area contributed by atoms with E-state index < -0.39 is 30.4 Å². The van der Waals surface area contributed by atoms with Crippen LogP contribution in [0.2, 0.25) is 0 Å². The number of amides is 4. The normalized spacial score (nSPS) is 15.4. The van der Waals surface area contributed by atoms with E-state index >= 15 is 0 Å². The van der Waals surface area contributed by atoms with Crippen LogP contribution in [0.3, 0.4) is 0 Å². The molecule has 1 heterocycles. The molecule has 0 spiro atoms. The second-order valence-electron chi connectivity index (χ2n) is 7.11. The summed E-state index contributed by atoms with van der Waals surface area (Å²) in [5.74, 6) is -2.25. The quantitative estimate of drug-likeness (QED) is 0.454. The molecule has 6 nitrogen and oxygen atoms in total. The van der Waals surface area contributed by atoms with Crippen LogP contribution in [0.25, 0.3) is 0 Å². The topological polar surface area (TPSA) is 74.8 Å². The average molecular weight is 378 g/mol. The van der Waals surface area contributed by atoms with E-state index in [4.69, 9.17) is 0 Å². The van der Waals surface area contributed by atoms with E-state index in [1.54, 1.807) is 37.3 Å². The molecule has 2 aromatic rings. The van der Waals surface area contributed by atoms with Gasteiger partial charge in [-0.1, -0.05) is 36.4 Å². The summed E-state index contributed by atoms with van der Waals surface area (Å²) in [5, 5.41) is 0. The van der Waals surface area contributed by atoms with Crippen LogP contribution >= 0.6 is 0 Å². The Morgan fingerprint density at radius 2 is 1.50 bits per heavy atom. The fraction of sp³-hybridized carbons (Fsp3) is 0.273. The van der Waals surface area contributed by atoms with Gasteiger partial charge in [-0.3, -0.25) is 14.4 Å². The summed E-state index contributed by atoms with van der Waals surface area (Å²) in [5.41, 5.74) is 3.96. The molecule has 1 aliphatic heterocycles. The molecule has 0 radical (unpaired) electrons. The minimum absolute atomic E-state index is 0.371. The molecule has 1 fully saturated rings. The number of hydrogen-bond donors (Lipinski definition) is 0. The molecule has 0 aliphatic carbocycles. The van der Waals surface area contributed by atoms with E-state index in [2.05, 4.69) is 0 Å². The van der Waals surface area contributed by atoms with Gasteiger partial charge in [-0.2, -0.15) is 0 Å². The highest BCUT2D eigenvalue weighted by molar-refractivity contribution is 6.45. The molecule has 1 saturated heterocycles. The minimum Gasteiger partial charge on any atom is -0.292 e. The van der Waals surface area contributed by atoms with Crippen LogP contribution in [0.4, 0.5) is 4.79 Å². The summed E-state index contributed by atoms with van der Waals surface area (Å²) in [4.78, 5) is 52.0. The highest BCUT2D eigenvalue weighted by atomic mass is 16.2. The van der Waals surface area contributed by atoms with Gasteiger partial charge in [0.25, 0.3) is 0 Å². The highest BCUT2D eigenvalue weighted by Gasteiger charge is 2.47. The molecule has 2 aromatic carbocycles. The molecule has 4 amide bonds. The fourth-order valence-electron chi connectivity index (χ4n) is 3.37. The summed E-state index contributed by atoms with van der Waals surface area (Å²) >= 11 is 0. The predicted molar refractivity (Wildman–Crippen MR) is 104 cm³/mol. The zero-order chi connectivity index (χ0) is 20.6. The van der Waals surface area contributed by atoms with Gasteiger partial charge in [0.05, 0.1) is 12.6 Å². The summed E-state index contributed by atoms with van der Waals surface area (Å²) < 4.78 is 0. The summed E-state index contributed by atoms with van der Waals surface area (Å²) in [6.07, 6.45) is 0. The molecule has 0 bridgehead atoms. The minimum atomic E-state index is -0.970. The molecule has 28 heavy (non-hydrogen) atoms. The lowest BCUT2D eigenvalue weighted by atomic mass is 9.98. The van der Waals surface area contributed by atoms with Gasteiger partial charge in [0, 0.05) is 5.56 Å². The van der Waals surface area contributed by atoms with E-state index in [1.165, 1.54) is 0 Å². The number of imide groups is 2. The van der Waals surface area contributed by atoms with Gasteiger partial charge in [0.15, 0.2) is 5.78 Å². The first kappa shape index (κ1) is 19.5. The third-order valence-electron chi connectivity index (χ3n) is 5.20. The van der Waals surface area contributed by atoms with Crippen molar-refractivity contribution in [3.8, 4) is 0 Å². The van der Waals surface area contributed by atoms with E-state index in [0.717, 1.165) is 32.1 Å². The van der Waals surface area contributed by atoms with E-state index in [1.807, 2.05) is 32.9 Å². The SMILES string of the molecule is Cc1cc(C)c(C(=O)CN2C(=O)C(=O)N(C(C)c3ccccc3)C2=O)cc1C. The number of rotatable bonds is 5. The number of nitrogens with zero attached hydrogens (tertiary/aromatic N) is 2. The van der Waals surface area contributed by atoms with Gasteiger partial charge in [0.1, 0.15) is 0 Å². The molecule has 3 rings (SSSR count). The van der Waals surface area contributed by atoms with Crippen LogP contribution in [0, 0.1) is 20.8 Å². The molecule has 0 saturated carbocycles. The molecule has 6 heteroatoms. The van der Waals surface area contributed by atoms with Crippen molar-refractivity contribution in [2.45, 2.75) is 33.7 Å². The van der Waals surface area contributed by atoms with Gasteiger partial charge in [-0.05, 0) is 56.0 Å². The molecular weight excluding hydrogens is 356 g/mol. The number of urea groups is 1. The number of aryl methyl sites for hydroxylation is 3. The first-order valence-corrected chi connectivity index (χ1v) is 9.07. The Kier molecular flexibility index (Phi) is 5.14. The summed E-state index contributed by atoms with van der Waals surface area (Å²) in [6, 6.07) is 11.3. The lowest BCUT2D eigenvalue weighted by Gasteiger charge is -2.22. The lowest BCUT2D eigenvalue weighted by molar-refractivity contribution is -0.143. The molecule has 0 N–H and O–H groups in total. The van der Waals surface area contributed by atoms with Crippen LogP contribution in [0.15, 0.2) is 42.5 Å². The van der Waals surface area contributed by atoms with Crippen molar-refractivity contribution in [3.63, 3.8) is 0 Å². The van der Waals surface area contributed by atoms with Gasteiger partial charge < -0.3 is 0 Å². The molecule has 0 aromatic heterocycles. The maximum atomic E-state index is 12.8. The Balaban J connectivity index is 1.85. The van der Waals surface area contributed by atoms with Crippen LogP contribution in [-0.2, 0) is 9.59 Å². The van der Waals surface area contributed by atoms with Crippen molar-refractivity contribution in [1.82, 2.24) is 9.80 Å². The van der Waals surface area contributed by atoms with Gasteiger partial charge in [-0.15, -0.1) is 0 Å². The van der Waals surface area contributed by atoms with Crippen molar-refractivity contribution in [2.24, 2.45) is 0 Å². The van der Waals surface area contributed by atoms with Crippen molar-refractivity contribution in [1.29, 1.82) is 0 Å². The van der Waals surface area contributed by atoms with Gasteiger partial charge >= 0.3 is 17.8 Å². The maximum absolute atomic E-state index is 12.8. The molecule has 1 atom stereocenters. The Morgan fingerprint density at radius 3 is 2.14 bits per heavy atom. The van der Waals surface area contributed by atoms with Crippen molar-refractivity contribution < 1.29 is 19.2 Å². The van der Waals surface area contributed by atoms with Crippen LogP contribution in [0.1, 0.15) is 45.6 Å². The van der Waals surface area contributed by atoms with Crippen LogP contribution < -0.4 is 0 Å². The van der Waals surface area contributed by atoms with E-state index in [-0.39, 0.29) is 5.78 Å². The Morgan fingerprint density at radius 1 is 0.893 bits per heavy atom. The number of Topliss-reactive ketones (excluding diaryl/α,β-unsaturated/α-hetero) is 1. The first-order chi connectivity index (χ1) is 13.2. The number of carbonyl (C=O) groups is 4. The van der Waals surface area contributed by atoms with Crippen LogP contribution in [-0.4, -0.2) is 40.0 Å². The van der Waals surface area contributed by atoms with Crippen molar-refractivity contribution in [2.75, 3.05) is 6.54 Å². The van der Waals surface area contributed by atoms with E-state index in [9.17, 15) is 19.2 Å². The Labute approximate surface area is 163 Å². The number of ketones is 1. The highest BCUT2D eigenvalue weighted by Crippen LogP contribution is 2.26. The first-order valence-electron chi connectivity index (χ1n) is 9.07. The number of hydrogen-bond acceptors (Lipinski definition) is 4. The third-order valence-corrected chi connectivity index (χ3v) is 5.20. The lowest BCUT2D eigenvalue weighted by Crippen LogP contribution is -2.38. The molecule has 1 unspecified atom stereocenters.